The smallest absolute Gasteiger partial charge is 0.168 e. The van der Waals surface area contributed by atoms with Gasteiger partial charge in [-0.2, -0.15) is 0 Å². The topological polar surface area (TPSA) is 9.23 Å². The molecule has 0 spiro atoms. The van der Waals surface area contributed by atoms with E-state index in [-0.39, 0.29) is 5.75 Å². The molecule has 0 atom stereocenters. The summed E-state index contributed by atoms with van der Waals surface area (Å²) in [4.78, 5) is 0.393. The molecule has 4 heteroatoms. The standard InChI is InChI=1S/C9H10F2OS/c1-3-12-8-5-9(13-2)7(11)4-6(8)10/h4-5H,3H2,1-2H3. The number of benzene rings is 1. The molecule has 1 nitrogen and oxygen atoms in total. The molecule has 0 unspecified atom stereocenters. The predicted molar refractivity (Wildman–Crippen MR) is 49.3 cm³/mol. The van der Waals surface area contributed by atoms with Crippen molar-refractivity contribution in [2.45, 2.75) is 11.8 Å². The maximum atomic E-state index is 13.0. The fourth-order valence-electron chi connectivity index (χ4n) is 0.933. The van der Waals surface area contributed by atoms with E-state index in [4.69, 9.17) is 4.74 Å². The van der Waals surface area contributed by atoms with Gasteiger partial charge in [0.05, 0.1) is 6.61 Å². The first-order chi connectivity index (χ1) is 6.19. The third-order valence-corrected chi connectivity index (χ3v) is 2.26. The summed E-state index contributed by atoms with van der Waals surface area (Å²) < 4.78 is 30.9. The van der Waals surface area contributed by atoms with Gasteiger partial charge in [-0.1, -0.05) is 0 Å². The van der Waals surface area contributed by atoms with E-state index >= 15 is 0 Å². The number of halogens is 2. The molecular formula is C9H10F2OS. The van der Waals surface area contributed by atoms with Gasteiger partial charge < -0.3 is 4.74 Å². The highest BCUT2D eigenvalue weighted by atomic mass is 32.2. The minimum Gasteiger partial charge on any atom is -0.491 e. The van der Waals surface area contributed by atoms with Crippen LogP contribution < -0.4 is 4.74 Å². The lowest BCUT2D eigenvalue weighted by Crippen LogP contribution is -1.96. The molecule has 0 saturated heterocycles. The van der Waals surface area contributed by atoms with Gasteiger partial charge >= 0.3 is 0 Å². The molecule has 0 heterocycles. The van der Waals surface area contributed by atoms with Gasteiger partial charge in [-0.15, -0.1) is 11.8 Å². The average Bonchev–Trinajstić information content (AvgIpc) is 2.10. The molecule has 0 aliphatic heterocycles. The SMILES string of the molecule is CCOc1cc(SC)c(F)cc1F. The summed E-state index contributed by atoms with van der Waals surface area (Å²) in [6.45, 7) is 2.12. The Morgan fingerprint density at radius 1 is 1.31 bits per heavy atom. The van der Waals surface area contributed by atoms with Crippen LogP contribution in [-0.4, -0.2) is 12.9 Å². The van der Waals surface area contributed by atoms with Gasteiger partial charge in [0.1, 0.15) is 5.82 Å². The molecule has 13 heavy (non-hydrogen) atoms. The summed E-state index contributed by atoms with van der Waals surface area (Å²) in [6, 6.07) is 2.22. The van der Waals surface area contributed by atoms with Crippen LogP contribution in [-0.2, 0) is 0 Å². The van der Waals surface area contributed by atoms with Gasteiger partial charge in [-0.3, -0.25) is 0 Å². The largest absolute Gasteiger partial charge is 0.491 e. The molecule has 0 aliphatic carbocycles. The second-order valence-electron chi connectivity index (χ2n) is 2.35. The van der Waals surface area contributed by atoms with Crippen molar-refractivity contribution in [2.24, 2.45) is 0 Å². The zero-order valence-corrected chi connectivity index (χ0v) is 8.25. The van der Waals surface area contributed by atoms with Gasteiger partial charge in [0, 0.05) is 11.0 Å². The second-order valence-corrected chi connectivity index (χ2v) is 3.20. The van der Waals surface area contributed by atoms with E-state index in [1.165, 1.54) is 17.8 Å². The molecular weight excluding hydrogens is 194 g/mol. The molecule has 1 aromatic carbocycles. The molecule has 0 amide bonds. The Labute approximate surface area is 80.1 Å². The van der Waals surface area contributed by atoms with E-state index < -0.39 is 11.6 Å². The fourth-order valence-corrected chi connectivity index (χ4v) is 1.41. The molecule has 72 valence electrons. The van der Waals surface area contributed by atoms with E-state index in [1.54, 1.807) is 13.2 Å². The van der Waals surface area contributed by atoms with Gasteiger partial charge in [0.25, 0.3) is 0 Å². The van der Waals surface area contributed by atoms with E-state index in [0.717, 1.165) is 6.07 Å². The van der Waals surface area contributed by atoms with Crippen molar-refractivity contribution in [2.75, 3.05) is 12.9 Å². The Balaban J connectivity index is 3.06. The fraction of sp³-hybridized carbons (Fsp3) is 0.333. The summed E-state index contributed by atoms with van der Waals surface area (Å²) in [7, 11) is 0. The predicted octanol–water partition coefficient (Wildman–Crippen LogP) is 3.09. The zero-order chi connectivity index (χ0) is 9.84. The highest BCUT2D eigenvalue weighted by Crippen LogP contribution is 2.27. The monoisotopic (exact) mass is 204 g/mol. The maximum absolute atomic E-state index is 13.0. The third kappa shape index (κ3) is 2.34. The first kappa shape index (κ1) is 10.3. The van der Waals surface area contributed by atoms with Crippen molar-refractivity contribution in [1.82, 2.24) is 0 Å². The first-order valence-electron chi connectivity index (χ1n) is 3.84. The number of ether oxygens (including phenoxy) is 1. The Morgan fingerprint density at radius 2 is 2.00 bits per heavy atom. The lowest BCUT2D eigenvalue weighted by Gasteiger charge is -2.06. The van der Waals surface area contributed by atoms with Crippen molar-refractivity contribution in [3.63, 3.8) is 0 Å². The summed E-state index contributed by atoms with van der Waals surface area (Å²) in [5.74, 6) is -1.10. The van der Waals surface area contributed by atoms with Gasteiger partial charge in [0.15, 0.2) is 11.6 Å². The lowest BCUT2D eigenvalue weighted by atomic mass is 10.3. The van der Waals surface area contributed by atoms with E-state index in [0.29, 0.717) is 11.5 Å². The highest BCUT2D eigenvalue weighted by Gasteiger charge is 2.09. The quantitative estimate of drug-likeness (QED) is 0.700. The van der Waals surface area contributed by atoms with Crippen LogP contribution in [0.1, 0.15) is 6.92 Å². The van der Waals surface area contributed by atoms with Crippen molar-refractivity contribution in [1.29, 1.82) is 0 Å². The van der Waals surface area contributed by atoms with E-state index in [2.05, 4.69) is 0 Å². The van der Waals surface area contributed by atoms with Crippen LogP contribution in [0.15, 0.2) is 17.0 Å². The lowest BCUT2D eigenvalue weighted by molar-refractivity contribution is 0.318. The molecule has 1 rings (SSSR count). The zero-order valence-electron chi connectivity index (χ0n) is 7.43. The summed E-state index contributed by atoms with van der Waals surface area (Å²) >= 11 is 1.22. The number of hydrogen-bond donors (Lipinski definition) is 0. The Kier molecular flexibility index (Phi) is 3.54. The molecule has 0 saturated carbocycles. The van der Waals surface area contributed by atoms with Crippen molar-refractivity contribution >= 4 is 11.8 Å². The Morgan fingerprint density at radius 3 is 2.54 bits per heavy atom. The van der Waals surface area contributed by atoms with Crippen LogP contribution in [0.2, 0.25) is 0 Å². The number of rotatable bonds is 3. The third-order valence-electron chi connectivity index (χ3n) is 1.51. The number of hydrogen-bond acceptors (Lipinski definition) is 2. The van der Waals surface area contributed by atoms with Crippen LogP contribution in [0.3, 0.4) is 0 Å². The van der Waals surface area contributed by atoms with Gasteiger partial charge in [-0.05, 0) is 19.2 Å². The Bertz CT molecular complexity index is 302. The number of thioether (sulfide) groups is 1. The molecule has 1 aromatic rings. The van der Waals surface area contributed by atoms with Gasteiger partial charge in [0.2, 0.25) is 0 Å². The Hall–Kier alpha value is -0.770. The second kappa shape index (κ2) is 4.46. The molecule has 0 fully saturated rings. The molecule has 0 radical (unpaired) electrons. The molecule has 0 N–H and O–H groups in total. The normalized spacial score (nSPS) is 10.2. The van der Waals surface area contributed by atoms with E-state index in [9.17, 15) is 8.78 Å². The molecule has 0 bridgehead atoms. The van der Waals surface area contributed by atoms with Crippen molar-refractivity contribution in [3.05, 3.63) is 23.8 Å². The van der Waals surface area contributed by atoms with Crippen LogP contribution >= 0.6 is 11.8 Å². The summed E-state index contributed by atoms with van der Waals surface area (Å²) in [5.41, 5.74) is 0. The molecule has 0 aromatic heterocycles. The maximum Gasteiger partial charge on any atom is 0.168 e. The van der Waals surface area contributed by atoms with Crippen LogP contribution in [0.25, 0.3) is 0 Å². The van der Waals surface area contributed by atoms with Crippen molar-refractivity contribution in [3.8, 4) is 5.75 Å². The van der Waals surface area contributed by atoms with Crippen LogP contribution in [0.4, 0.5) is 8.78 Å². The van der Waals surface area contributed by atoms with Crippen LogP contribution in [0.5, 0.6) is 5.75 Å². The minimum atomic E-state index is -0.655. The molecule has 0 aliphatic rings. The average molecular weight is 204 g/mol. The van der Waals surface area contributed by atoms with Gasteiger partial charge in [-0.25, -0.2) is 8.78 Å². The van der Waals surface area contributed by atoms with Crippen molar-refractivity contribution < 1.29 is 13.5 Å². The van der Waals surface area contributed by atoms with Crippen LogP contribution in [0, 0.1) is 11.6 Å². The minimum absolute atomic E-state index is 0.105. The van der Waals surface area contributed by atoms with E-state index in [1.807, 2.05) is 0 Å². The summed E-state index contributed by atoms with van der Waals surface area (Å²) in [6.07, 6.45) is 1.73. The highest BCUT2D eigenvalue weighted by molar-refractivity contribution is 7.98. The summed E-state index contributed by atoms with van der Waals surface area (Å²) in [5, 5.41) is 0. The first-order valence-corrected chi connectivity index (χ1v) is 5.07.